The lowest BCUT2D eigenvalue weighted by Gasteiger charge is -2.17. The van der Waals surface area contributed by atoms with Crippen molar-refractivity contribution >= 4 is 11.5 Å². The molecule has 20 heavy (non-hydrogen) atoms. The van der Waals surface area contributed by atoms with E-state index < -0.39 is 0 Å². The summed E-state index contributed by atoms with van der Waals surface area (Å²) in [6.45, 7) is 8.17. The predicted molar refractivity (Wildman–Crippen MR) is 80.0 cm³/mol. The average molecular weight is 266 g/mol. The highest BCUT2D eigenvalue weighted by atomic mass is 15.0. The van der Waals surface area contributed by atoms with Crippen LogP contribution in [0, 0.1) is 25.2 Å². The summed E-state index contributed by atoms with van der Waals surface area (Å²) in [4.78, 5) is 8.41. The van der Waals surface area contributed by atoms with E-state index in [1.165, 1.54) is 5.56 Å². The fourth-order valence-electron chi connectivity index (χ4n) is 2.16. The van der Waals surface area contributed by atoms with Crippen LogP contribution in [0.2, 0.25) is 0 Å². The zero-order valence-electron chi connectivity index (χ0n) is 12.2. The van der Waals surface area contributed by atoms with Crippen LogP contribution in [0.25, 0.3) is 0 Å². The molecule has 0 aliphatic carbocycles. The molecule has 0 spiro atoms. The fourth-order valence-corrected chi connectivity index (χ4v) is 2.16. The molecule has 1 aromatic heterocycles. The number of para-hydroxylation sites is 1. The molecule has 0 radical (unpaired) electrons. The topological polar surface area (TPSA) is 61.6 Å². The van der Waals surface area contributed by atoms with E-state index in [9.17, 15) is 0 Å². The monoisotopic (exact) mass is 266 g/mol. The Morgan fingerprint density at radius 3 is 2.60 bits per heavy atom. The smallest absolute Gasteiger partial charge is 0.146 e. The maximum atomic E-state index is 8.98. The summed E-state index contributed by atoms with van der Waals surface area (Å²) in [6, 6.07) is 9.96. The van der Waals surface area contributed by atoms with Crippen LogP contribution >= 0.6 is 0 Å². The molecule has 0 saturated heterocycles. The van der Waals surface area contributed by atoms with Gasteiger partial charge in [0.2, 0.25) is 0 Å². The third kappa shape index (κ3) is 2.94. The highest BCUT2D eigenvalue weighted by Gasteiger charge is 2.10. The predicted octanol–water partition coefficient (Wildman–Crippen LogP) is 3.83. The zero-order valence-corrected chi connectivity index (χ0v) is 12.2. The Kier molecular flexibility index (Phi) is 3.99. The van der Waals surface area contributed by atoms with Gasteiger partial charge >= 0.3 is 0 Å². The maximum Gasteiger partial charge on any atom is 0.146 e. The van der Waals surface area contributed by atoms with E-state index in [4.69, 9.17) is 5.26 Å². The second kappa shape index (κ2) is 5.70. The minimum Gasteiger partial charge on any atom is -0.340 e. The van der Waals surface area contributed by atoms with Crippen molar-refractivity contribution in [2.75, 3.05) is 5.32 Å². The third-order valence-corrected chi connectivity index (χ3v) is 3.13. The molecule has 2 aromatic rings. The van der Waals surface area contributed by atoms with E-state index in [1.807, 2.05) is 0 Å². The molecule has 0 atom stereocenters. The second-order valence-corrected chi connectivity index (χ2v) is 5.12. The Balaban J connectivity index is 2.45. The van der Waals surface area contributed by atoms with Gasteiger partial charge < -0.3 is 5.32 Å². The van der Waals surface area contributed by atoms with Crippen molar-refractivity contribution in [3.63, 3.8) is 0 Å². The molecule has 0 unspecified atom stereocenters. The fraction of sp³-hybridized carbons (Fsp3) is 0.312. The summed E-state index contributed by atoms with van der Waals surface area (Å²) < 4.78 is 0. The van der Waals surface area contributed by atoms with E-state index in [1.54, 1.807) is 13.0 Å². The van der Waals surface area contributed by atoms with Gasteiger partial charge in [0.25, 0.3) is 0 Å². The van der Waals surface area contributed by atoms with Crippen LogP contribution in [0.3, 0.4) is 0 Å². The lowest BCUT2D eigenvalue weighted by atomic mass is 9.98. The molecular weight excluding hydrogens is 248 g/mol. The van der Waals surface area contributed by atoms with Crippen LogP contribution < -0.4 is 5.32 Å². The first-order chi connectivity index (χ1) is 9.51. The van der Waals surface area contributed by atoms with Crippen LogP contribution in [0.4, 0.5) is 11.5 Å². The lowest BCUT2D eigenvalue weighted by molar-refractivity contribution is 0.867. The molecule has 0 amide bonds. The van der Waals surface area contributed by atoms with Crippen molar-refractivity contribution in [3.05, 3.63) is 46.9 Å². The van der Waals surface area contributed by atoms with Crippen molar-refractivity contribution in [1.29, 1.82) is 5.26 Å². The number of hydrogen-bond donors (Lipinski definition) is 1. The second-order valence-electron chi connectivity index (χ2n) is 5.12. The van der Waals surface area contributed by atoms with Crippen LogP contribution in [-0.4, -0.2) is 9.97 Å². The molecule has 2 rings (SSSR count). The Labute approximate surface area is 119 Å². The van der Waals surface area contributed by atoms with E-state index in [0.29, 0.717) is 23.3 Å². The summed E-state index contributed by atoms with van der Waals surface area (Å²) in [5.74, 6) is 1.66. The van der Waals surface area contributed by atoms with Gasteiger partial charge in [-0.1, -0.05) is 32.0 Å². The number of nitrogens with one attached hydrogen (secondary N) is 1. The summed E-state index contributed by atoms with van der Waals surface area (Å²) >= 11 is 0. The summed E-state index contributed by atoms with van der Waals surface area (Å²) in [7, 11) is 0. The Morgan fingerprint density at radius 1 is 1.20 bits per heavy atom. The number of nitrogens with zero attached hydrogens (tertiary/aromatic N) is 3. The largest absolute Gasteiger partial charge is 0.340 e. The van der Waals surface area contributed by atoms with Crippen molar-refractivity contribution in [1.82, 2.24) is 9.97 Å². The molecule has 0 saturated carbocycles. The van der Waals surface area contributed by atoms with Gasteiger partial charge in [0, 0.05) is 11.8 Å². The summed E-state index contributed by atoms with van der Waals surface area (Å²) in [5, 5.41) is 12.3. The molecule has 4 heteroatoms. The minimum atomic E-state index is 0.375. The molecule has 0 fully saturated rings. The highest BCUT2D eigenvalue weighted by Crippen LogP contribution is 2.29. The minimum absolute atomic E-state index is 0.375. The molecular formula is C16H18N4. The molecule has 1 N–H and O–H groups in total. The lowest BCUT2D eigenvalue weighted by Crippen LogP contribution is -2.04. The maximum absolute atomic E-state index is 8.98. The SMILES string of the molecule is Cc1nc(C#N)cc(Nc2c(C)cccc2C(C)C)n1. The third-order valence-electron chi connectivity index (χ3n) is 3.13. The van der Waals surface area contributed by atoms with Gasteiger partial charge in [-0.25, -0.2) is 9.97 Å². The highest BCUT2D eigenvalue weighted by molar-refractivity contribution is 5.66. The number of rotatable bonds is 3. The van der Waals surface area contributed by atoms with E-state index in [2.05, 4.69) is 60.3 Å². The van der Waals surface area contributed by atoms with Crippen molar-refractivity contribution in [2.24, 2.45) is 0 Å². The van der Waals surface area contributed by atoms with Gasteiger partial charge in [-0.05, 0) is 30.9 Å². The van der Waals surface area contributed by atoms with Crippen LogP contribution in [-0.2, 0) is 0 Å². The van der Waals surface area contributed by atoms with Gasteiger partial charge in [-0.3, -0.25) is 0 Å². The normalized spacial score (nSPS) is 10.4. The Bertz CT molecular complexity index is 669. The van der Waals surface area contributed by atoms with E-state index >= 15 is 0 Å². The van der Waals surface area contributed by atoms with Gasteiger partial charge in [-0.15, -0.1) is 0 Å². The number of hydrogen-bond acceptors (Lipinski definition) is 4. The summed E-state index contributed by atoms with van der Waals surface area (Å²) in [5.41, 5.74) is 3.83. The number of aryl methyl sites for hydroxylation is 2. The summed E-state index contributed by atoms with van der Waals surface area (Å²) in [6.07, 6.45) is 0. The Hall–Kier alpha value is -2.41. The van der Waals surface area contributed by atoms with Gasteiger partial charge in [0.05, 0.1) is 0 Å². The van der Waals surface area contributed by atoms with E-state index in [-0.39, 0.29) is 0 Å². The van der Waals surface area contributed by atoms with Crippen LogP contribution in [0.1, 0.15) is 42.4 Å². The first kappa shape index (κ1) is 14.0. The van der Waals surface area contributed by atoms with Gasteiger partial charge in [-0.2, -0.15) is 5.26 Å². The number of aromatic nitrogens is 2. The van der Waals surface area contributed by atoms with E-state index in [0.717, 1.165) is 11.3 Å². The zero-order chi connectivity index (χ0) is 14.7. The molecule has 0 aliphatic heterocycles. The molecule has 0 aliphatic rings. The van der Waals surface area contributed by atoms with Gasteiger partial charge in [0.1, 0.15) is 23.4 Å². The number of anilines is 2. The van der Waals surface area contributed by atoms with Crippen LogP contribution in [0.5, 0.6) is 0 Å². The first-order valence-electron chi connectivity index (χ1n) is 6.63. The quantitative estimate of drug-likeness (QED) is 0.917. The van der Waals surface area contributed by atoms with Crippen LogP contribution in [0.15, 0.2) is 24.3 Å². The van der Waals surface area contributed by atoms with Crippen molar-refractivity contribution < 1.29 is 0 Å². The van der Waals surface area contributed by atoms with Crippen molar-refractivity contribution in [2.45, 2.75) is 33.6 Å². The molecule has 1 heterocycles. The number of nitriles is 1. The standard InChI is InChI=1S/C16H18N4/c1-10(2)14-7-5-6-11(3)16(14)20-15-8-13(9-17)18-12(4)19-15/h5-8,10H,1-4H3,(H,18,19,20). The first-order valence-corrected chi connectivity index (χ1v) is 6.63. The average Bonchev–Trinajstić information content (AvgIpc) is 2.40. The molecule has 0 bridgehead atoms. The Morgan fingerprint density at radius 2 is 1.95 bits per heavy atom. The number of benzene rings is 1. The van der Waals surface area contributed by atoms with Gasteiger partial charge in [0.15, 0.2) is 0 Å². The molecule has 4 nitrogen and oxygen atoms in total. The van der Waals surface area contributed by atoms with Crippen molar-refractivity contribution in [3.8, 4) is 6.07 Å². The molecule has 1 aromatic carbocycles. The molecule has 102 valence electrons.